The molecule has 3 rings (SSSR count). The van der Waals surface area contributed by atoms with Crippen molar-refractivity contribution in [1.29, 1.82) is 0 Å². The molecule has 2 nitrogen and oxygen atoms in total. The summed E-state index contributed by atoms with van der Waals surface area (Å²) in [5.74, 6) is 0.474. The highest BCUT2D eigenvalue weighted by atomic mass is 79.9. The van der Waals surface area contributed by atoms with Crippen LogP contribution in [-0.4, -0.2) is 11.5 Å². The molecule has 1 aromatic heterocycles. The van der Waals surface area contributed by atoms with Gasteiger partial charge in [0.15, 0.2) is 0 Å². The molecule has 3 heteroatoms. The second kappa shape index (κ2) is 6.29. The Morgan fingerprint density at radius 1 is 1.38 bits per heavy atom. The van der Waals surface area contributed by atoms with E-state index in [-0.39, 0.29) is 0 Å². The summed E-state index contributed by atoms with van der Waals surface area (Å²) >= 11 is 3.59. The zero-order chi connectivity index (χ0) is 14.8. The van der Waals surface area contributed by atoms with Crippen LogP contribution in [0.15, 0.2) is 41.0 Å². The number of halogens is 1. The average molecular weight is 345 g/mol. The molecule has 0 bridgehead atoms. The van der Waals surface area contributed by atoms with Crippen LogP contribution in [0.5, 0.6) is 0 Å². The monoisotopic (exact) mass is 344 g/mol. The Kier molecular flexibility index (Phi) is 4.41. The van der Waals surface area contributed by atoms with E-state index in [1.807, 2.05) is 12.3 Å². The van der Waals surface area contributed by atoms with Crippen molar-refractivity contribution in [2.75, 3.05) is 6.54 Å². The second-order valence-corrected chi connectivity index (χ2v) is 6.59. The van der Waals surface area contributed by atoms with Gasteiger partial charge in [0, 0.05) is 28.3 Å². The molecule has 2 atom stereocenters. The van der Waals surface area contributed by atoms with Crippen LogP contribution in [0.3, 0.4) is 0 Å². The van der Waals surface area contributed by atoms with Gasteiger partial charge < -0.3 is 5.32 Å². The summed E-state index contributed by atoms with van der Waals surface area (Å²) in [6, 6.07) is 11.3. The molecular weight excluding hydrogens is 324 g/mol. The van der Waals surface area contributed by atoms with E-state index in [4.69, 9.17) is 0 Å². The number of aromatic nitrogens is 1. The van der Waals surface area contributed by atoms with E-state index >= 15 is 0 Å². The lowest BCUT2D eigenvalue weighted by molar-refractivity contribution is 0.447. The van der Waals surface area contributed by atoms with Gasteiger partial charge in [-0.15, -0.1) is 0 Å². The second-order valence-electron chi connectivity index (χ2n) is 5.74. The Balaban J connectivity index is 1.97. The van der Waals surface area contributed by atoms with Gasteiger partial charge in [0.05, 0.1) is 0 Å². The Labute approximate surface area is 135 Å². The summed E-state index contributed by atoms with van der Waals surface area (Å²) in [5.41, 5.74) is 5.35. The first-order chi connectivity index (χ1) is 10.2. The topological polar surface area (TPSA) is 24.9 Å². The zero-order valence-corrected chi connectivity index (χ0v) is 14.2. The minimum absolute atomic E-state index is 0.345. The van der Waals surface area contributed by atoms with Crippen molar-refractivity contribution in [2.45, 2.75) is 38.6 Å². The van der Waals surface area contributed by atoms with E-state index in [0.717, 1.165) is 13.0 Å². The van der Waals surface area contributed by atoms with Gasteiger partial charge >= 0.3 is 0 Å². The van der Waals surface area contributed by atoms with E-state index in [1.165, 1.54) is 33.3 Å². The number of benzene rings is 1. The molecule has 1 aliphatic carbocycles. The van der Waals surface area contributed by atoms with E-state index in [2.05, 4.69) is 64.3 Å². The first-order valence-electron chi connectivity index (χ1n) is 7.64. The van der Waals surface area contributed by atoms with Gasteiger partial charge in [-0.25, -0.2) is 0 Å². The van der Waals surface area contributed by atoms with Crippen LogP contribution in [0.2, 0.25) is 0 Å². The molecule has 2 aromatic rings. The van der Waals surface area contributed by atoms with Gasteiger partial charge in [-0.05, 0) is 55.1 Å². The van der Waals surface area contributed by atoms with Crippen molar-refractivity contribution in [3.63, 3.8) is 0 Å². The maximum atomic E-state index is 4.66. The van der Waals surface area contributed by atoms with Crippen LogP contribution in [0.25, 0.3) is 0 Å². The molecule has 0 saturated carbocycles. The molecule has 1 N–H and O–H groups in total. The molecule has 1 aliphatic rings. The Bertz CT molecular complexity index is 639. The van der Waals surface area contributed by atoms with Crippen LogP contribution in [0, 0.1) is 6.92 Å². The lowest BCUT2D eigenvalue weighted by atomic mass is 9.90. The molecular formula is C18H21BrN2. The molecule has 0 spiro atoms. The summed E-state index contributed by atoms with van der Waals surface area (Å²) in [4.78, 5) is 4.66. The normalized spacial score (nSPS) is 18.5. The average Bonchev–Trinajstić information content (AvgIpc) is 2.92. The third-order valence-electron chi connectivity index (χ3n) is 4.37. The van der Waals surface area contributed by atoms with Gasteiger partial charge in [0.2, 0.25) is 0 Å². The van der Waals surface area contributed by atoms with E-state index in [1.54, 1.807) is 0 Å². The standard InChI is InChI=1S/C18H21BrN2/c1-3-20-18(14-7-9-16(19)12(2)11-14)15-8-6-13-5-4-10-21-17(13)15/h4-5,7,9-11,15,18,20H,3,6,8H2,1-2H3. The summed E-state index contributed by atoms with van der Waals surface area (Å²) < 4.78 is 1.17. The number of nitrogens with one attached hydrogen (secondary N) is 1. The highest BCUT2D eigenvalue weighted by Crippen LogP contribution is 2.40. The highest BCUT2D eigenvalue weighted by molar-refractivity contribution is 9.10. The van der Waals surface area contributed by atoms with Gasteiger partial charge in [-0.3, -0.25) is 4.98 Å². The molecule has 110 valence electrons. The molecule has 1 aromatic carbocycles. The molecule has 21 heavy (non-hydrogen) atoms. The minimum Gasteiger partial charge on any atom is -0.310 e. The van der Waals surface area contributed by atoms with E-state index in [9.17, 15) is 0 Å². The van der Waals surface area contributed by atoms with Crippen molar-refractivity contribution in [1.82, 2.24) is 10.3 Å². The van der Waals surface area contributed by atoms with Crippen molar-refractivity contribution in [3.05, 3.63) is 63.4 Å². The first-order valence-corrected chi connectivity index (χ1v) is 8.43. The molecule has 0 radical (unpaired) electrons. The molecule has 0 saturated heterocycles. The number of pyridine rings is 1. The predicted molar refractivity (Wildman–Crippen MR) is 90.6 cm³/mol. The molecule has 0 fully saturated rings. The zero-order valence-electron chi connectivity index (χ0n) is 12.6. The molecule has 0 amide bonds. The Morgan fingerprint density at radius 2 is 2.24 bits per heavy atom. The smallest absolute Gasteiger partial charge is 0.0485 e. The number of fused-ring (bicyclic) bond motifs is 1. The van der Waals surface area contributed by atoms with Crippen LogP contribution < -0.4 is 5.32 Å². The fourth-order valence-corrected chi connectivity index (χ4v) is 3.59. The third-order valence-corrected chi connectivity index (χ3v) is 5.26. The number of hydrogen-bond acceptors (Lipinski definition) is 2. The predicted octanol–water partition coefficient (Wildman–Crippen LogP) is 4.53. The largest absolute Gasteiger partial charge is 0.310 e. The lowest BCUT2D eigenvalue weighted by Crippen LogP contribution is -2.26. The Hall–Kier alpha value is -1.19. The summed E-state index contributed by atoms with van der Waals surface area (Å²) in [6.45, 7) is 5.29. The van der Waals surface area contributed by atoms with Crippen LogP contribution in [-0.2, 0) is 6.42 Å². The van der Waals surface area contributed by atoms with Gasteiger partial charge in [0.1, 0.15) is 0 Å². The maximum absolute atomic E-state index is 4.66. The summed E-state index contributed by atoms with van der Waals surface area (Å²) in [6.07, 6.45) is 4.25. The van der Waals surface area contributed by atoms with Crippen LogP contribution >= 0.6 is 15.9 Å². The maximum Gasteiger partial charge on any atom is 0.0485 e. The molecule has 1 heterocycles. The quantitative estimate of drug-likeness (QED) is 0.880. The number of rotatable bonds is 4. The number of nitrogens with zero attached hydrogens (tertiary/aromatic N) is 1. The third kappa shape index (κ3) is 2.90. The molecule has 0 aliphatic heterocycles. The lowest BCUT2D eigenvalue weighted by Gasteiger charge is -2.25. The van der Waals surface area contributed by atoms with Crippen LogP contribution in [0.1, 0.15) is 47.7 Å². The number of aryl methyl sites for hydroxylation is 2. The summed E-state index contributed by atoms with van der Waals surface area (Å²) in [7, 11) is 0. The van der Waals surface area contributed by atoms with Gasteiger partial charge in [0.25, 0.3) is 0 Å². The minimum atomic E-state index is 0.345. The molecule has 2 unspecified atom stereocenters. The Morgan fingerprint density at radius 3 is 3.00 bits per heavy atom. The highest BCUT2D eigenvalue weighted by Gasteiger charge is 2.31. The fraction of sp³-hybridized carbons (Fsp3) is 0.389. The van der Waals surface area contributed by atoms with Gasteiger partial charge in [-0.1, -0.05) is 41.1 Å². The van der Waals surface area contributed by atoms with Crippen molar-refractivity contribution in [2.24, 2.45) is 0 Å². The van der Waals surface area contributed by atoms with E-state index < -0.39 is 0 Å². The first kappa shape index (κ1) is 14.7. The number of likely N-dealkylation sites (N-methyl/N-ethyl adjacent to an activating group) is 1. The summed E-state index contributed by atoms with van der Waals surface area (Å²) in [5, 5.41) is 3.67. The van der Waals surface area contributed by atoms with Crippen molar-refractivity contribution in [3.8, 4) is 0 Å². The van der Waals surface area contributed by atoms with Crippen molar-refractivity contribution >= 4 is 15.9 Å². The van der Waals surface area contributed by atoms with Crippen molar-refractivity contribution < 1.29 is 0 Å². The van der Waals surface area contributed by atoms with Gasteiger partial charge in [-0.2, -0.15) is 0 Å². The SMILES string of the molecule is CCNC(c1ccc(Br)c(C)c1)C1CCc2cccnc21. The van der Waals surface area contributed by atoms with E-state index in [0.29, 0.717) is 12.0 Å². The number of hydrogen-bond donors (Lipinski definition) is 1. The fourth-order valence-electron chi connectivity index (χ4n) is 3.34. The van der Waals surface area contributed by atoms with Crippen LogP contribution in [0.4, 0.5) is 0 Å².